The lowest BCUT2D eigenvalue weighted by Crippen LogP contribution is -2.42. The number of likely N-dealkylation sites (tertiary alicyclic amines) is 1. The van der Waals surface area contributed by atoms with E-state index in [9.17, 15) is 4.79 Å². The zero-order chi connectivity index (χ0) is 18.1. The molecule has 1 saturated heterocycles. The third kappa shape index (κ3) is 3.44. The van der Waals surface area contributed by atoms with E-state index >= 15 is 0 Å². The third-order valence-corrected chi connectivity index (χ3v) is 6.34. The summed E-state index contributed by atoms with van der Waals surface area (Å²) in [5.41, 5.74) is 7.05. The Morgan fingerprint density at radius 2 is 1.88 bits per heavy atom. The van der Waals surface area contributed by atoms with Gasteiger partial charge >= 0.3 is 0 Å². The molecule has 1 fully saturated rings. The van der Waals surface area contributed by atoms with Crippen molar-refractivity contribution >= 4 is 17.2 Å². The van der Waals surface area contributed by atoms with Gasteiger partial charge in [0.2, 0.25) is 0 Å². The van der Waals surface area contributed by atoms with Crippen molar-refractivity contribution in [2.24, 2.45) is 11.7 Å². The highest BCUT2D eigenvalue weighted by atomic mass is 32.1. The Kier molecular flexibility index (Phi) is 4.87. The summed E-state index contributed by atoms with van der Waals surface area (Å²) in [4.78, 5) is 16.6. The maximum absolute atomic E-state index is 12.8. The lowest BCUT2D eigenvalue weighted by molar-refractivity contribution is 0.0686. The summed E-state index contributed by atoms with van der Waals surface area (Å²) < 4.78 is 11.2. The van der Waals surface area contributed by atoms with Crippen molar-refractivity contribution in [1.29, 1.82) is 0 Å². The number of amides is 1. The van der Waals surface area contributed by atoms with Gasteiger partial charge in [-0.2, -0.15) is 0 Å². The highest BCUT2D eigenvalue weighted by Gasteiger charge is 2.26. The predicted molar refractivity (Wildman–Crippen MR) is 103 cm³/mol. The molecule has 2 aromatic rings. The van der Waals surface area contributed by atoms with Gasteiger partial charge in [-0.05, 0) is 61.6 Å². The number of nitrogens with two attached hydrogens (primary N) is 1. The fourth-order valence-electron chi connectivity index (χ4n) is 3.59. The van der Waals surface area contributed by atoms with Gasteiger partial charge in [0.1, 0.15) is 13.2 Å². The van der Waals surface area contributed by atoms with Gasteiger partial charge in [0.05, 0.1) is 4.88 Å². The molecule has 1 unspecified atom stereocenters. The van der Waals surface area contributed by atoms with Crippen molar-refractivity contribution in [2.75, 3.05) is 26.3 Å². The molecular weight excluding hydrogens is 348 g/mol. The topological polar surface area (TPSA) is 64.8 Å². The molecule has 0 bridgehead atoms. The summed E-state index contributed by atoms with van der Waals surface area (Å²) in [5, 5.41) is 0. The molecule has 4 rings (SSSR count). The molecule has 1 amide bonds. The number of rotatable bonds is 3. The minimum absolute atomic E-state index is 0.127. The first kappa shape index (κ1) is 17.4. The molecule has 2 aliphatic heterocycles. The van der Waals surface area contributed by atoms with Gasteiger partial charge < -0.3 is 20.1 Å². The Morgan fingerprint density at radius 3 is 2.62 bits per heavy atom. The van der Waals surface area contributed by atoms with Crippen molar-refractivity contribution in [3.8, 4) is 21.9 Å². The summed E-state index contributed by atoms with van der Waals surface area (Å²) in [5.74, 6) is 2.20. The molecule has 26 heavy (non-hydrogen) atoms. The van der Waals surface area contributed by atoms with Crippen molar-refractivity contribution in [1.82, 2.24) is 4.90 Å². The molecule has 1 aromatic carbocycles. The molecule has 6 heteroatoms. The van der Waals surface area contributed by atoms with E-state index < -0.39 is 0 Å². The number of nitrogens with zero attached hydrogens (tertiary/aromatic N) is 1. The first-order valence-corrected chi connectivity index (χ1v) is 9.98. The number of piperidine rings is 1. The van der Waals surface area contributed by atoms with Crippen molar-refractivity contribution in [3.05, 3.63) is 35.2 Å². The number of hydrogen-bond acceptors (Lipinski definition) is 5. The van der Waals surface area contributed by atoms with Crippen molar-refractivity contribution in [2.45, 2.75) is 25.8 Å². The number of benzene rings is 1. The van der Waals surface area contributed by atoms with Crippen LogP contribution in [0.3, 0.4) is 0 Å². The van der Waals surface area contributed by atoms with Crippen LogP contribution in [0.1, 0.15) is 29.4 Å². The van der Waals surface area contributed by atoms with Crippen LogP contribution in [-0.4, -0.2) is 43.2 Å². The monoisotopic (exact) mass is 372 g/mol. The number of carbonyl (C=O) groups is 1. The van der Waals surface area contributed by atoms with Crippen LogP contribution in [0.25, 0.3) is 10.4 Å². The van der Waals surface area contributed by atoms with Gasteiger partial charge in [0, 0.05) is 24.0 Å². The zero-order valence-electron chi connectivity index (χ0n) is 14.9. The molecule has 0 saturated carbocycles. The van der Waals surface area contributed by atoms with E-state index in [4.69, 9.17) is 15.2 Å². The van der Waals surface area contributed by atoms with Crippen LogP contribution in [0.5, 0.6) is 11.5 Å². The van der Waals surface area contributed by atoms with Gasteiger partial charge in [0.25, 0.3) is 5.91 Å². The zero-order valence-corrected chi connectivity index (χ0v) is 15.8. The van der Waals surface area contributed by atoms with Crippen molar-refractivity contribution in [3.63, 3.8) is 0 Å². The van der Waals surface area contributed by atoms with Gasteiger partial charge in [-0.3, -0.25) is 4.79 Å². The van der Waals surface area contributed by atoms with Gasteiger partial charge in [0.15, 0.2) is 11.5 Å². The summed E-state index contributed by atoms with van der Waals surface area (Å²) in [6, 6.07) is 10.1. The summed E-state index contributed by atoms with van der Waals surface area (Å²) in [6.45, 7) is 4.80. The first-order valence-electron chi connectivity index (χ1n) is 9.16. The first-order chi connectivity index (χ1) is 12.6. The molecule has 1 atom stereocenters. The van der Waals surface area contributed by atoms with Crippen LogP contribution >= 0.6 is 11.3 Å². The van der Waals surface area contributed by atoms with Gasteiger partial charge in [-0.15, -0.1) is 11.3 Å². The minimum Gasteiger partial charge on any atom is -0.486 e. The van der Waals surface area contributed by atoms with Crippen LogP contribution in [0.2, 0.25) is 0 Å². The summed E-state index contributed by atoms with van der Waals surface area (Å²) in [7, 11) is 0. The Balaban J connectivity index is 1.47. The van der Waals surface area contributed by atoms with E-state index in [0.717, 1.165) is 52.7 Å². The standard InChI is InChI=1S/C20H24N2O3S/c1-13(21)14-6-8-22(9-7-14)20(23)19-5-4-18(26-19)15-2-3-16-17(12-15)25-11-10-24-16/h2-5,12-14H,6-11,21H2,1H3. The lowest BCUT2D eigenvalue weighted by Gasteiger charge is -2.33. The normalized spacial score (nSPS) is 18.6. The van der Waals surface area contributed by atoms with E-state index in [0.29, 0.717) is 19.1 Å². The molecule has 2 N–H and O–H groups in total. The molecule has 1 aromatic heterocycles. The third-order valence-electron chi connectivity index (χ3n) is 5.21. The van der Waals surface area contributed by atoms with Crippen LogP contribution in [0.4, 0.5) is 0 Å². The number of hydrogen-bond donors (Lipinski definition) is 1. The molecule has 0 radical (unpaired) electrons. The van der Waals surface area contributed by atoms with E-state index in [2.05, 4.69) is 6.92 Å². The maximum Gasteiger partial charge on any atom is 0.263 e. The van der Waals surface area contributed by atoms with Crippen LogP contribution < -0.4 is 15.2 Å². The summed E-state index contributed by atoms with van der Waals surface area (Å²) >= 11 is 1.53. The average molecular weight is 372 g/mol. The highest BCUT2D eigenvalue weighted by molar-refractivity contribution is 7.17. The molecular formula is C20H24N2O3S. The SMILES string of the molecule is CC(N)C1CCN(C(=O)c2ccc(-c3ccc4c(c3)OCCO4)s2)CC1. The van der Waals surface area contributed by atoms with Gasteiger partial charge in [-0.25, -0.2) is 0 Å². The number of carbonyl (C=O) groups excluding carboxylic acids is 1. The van der Waals surface area contributed by atoms with E-state index in [-0.39, 0.29) is 11.9 Å². The number of thiophene rings is 1. The Hall–Kier alpha value is -2.05. The number of ether oxygens (including phenoxy) is 2. The highest BCUT2D eigenvalue weighted by Crippen LogP contribution is 2.37. The summed E-state index contributed by atoms with van der Waals surface area (Å²) in [6.07, 6.45) is 1.98. The molecule has 2 aliphatic rings. The second-order valence-corrected chi connectivity index (χ2v) is 8.09. The second-order valence-electron chi connectivity index (χ2n) is 7.01. The van der Waals surface area contributed by atoms with Crippen LogP contribution in [0, 0.1) is 5.92 Å². The Bertz CT molecular complexity index is 794. The predicted octanol–water partition coefficient (Wildman–Crippen LogP) is 3.39. The maximum atomic E-state index is 12.8. The van der Waals surface area contributed by atoms with Gasteiger partial charge in [-0.1, -0.05) is 0 Å². The minimum atomic E-state index is 0.127. The van der Waals surface area contributed by atoms with Crippen molar-refractivity contribution < 1.29 is 14.3 Å². The van der Waals surface area contributed by atoms with Crippen LogP contribution in [0.15, 0.2) is 30.3 Å². The quantitative estimate of drug-likeness (QED) is 0.897. The lowest BCUT2D eigenvalue weighted by atomic mass is 9.91. The molecule has 138 valence electrons. The molecule has 0 aliphatic carbocycles. The van der Waals surface area contributed by atoms with E-state index in [1.165, 1.54) is 11.3 Å². The second kappa shape index (κ2) is 7.29. The molecule has 0 spiro atoms. The average Bonchev–Trinajstić information content (AvgIpc) is 3.17. The fourth-order valence-corrected chi connectivity index (χ4v) is 4.56. The van der Waals surface area contributed by atoms with E-state index in [1.54, 1.807) is 0 Å². The smallest absolute Gasteiger partial charge is 0.263 e. The fraction of sp³-hybridized carbons (Fsp3) is 0.450. The largest absolute Gasteiger partial charge is 0.486 e. The Morgan fingerprint density at radius 1 is 1.15 bits per heavy atom. The Labute approximate surface area is 157 Å². The number of fused-ring (bicyclic) bond motifs is 1. The van der Waals surface area contributed by atoms with E-state index in [1.807, 2.05) is 35.2 Å². The van der Waals surface area contributed by atoms with Crippen LogP contribution in [-0.2, 0) is 0 Å². The molecule has 3 heterocycles. The molecule has 5 nitrogen and oxygen atoms in total.